The van der Waals surface area contributed by atoms with Gasteiger partial charge in [-0.05, 0) is 56.5 Å². The minimum absolute atomic E-state index is 0.00506. The molecule has 0 fully saturated rings. The SMILES string of the molecule is CCOC(=O)NN(C(=O)[C@H](CCSC)NC(=O)c1cccc(O)c1C)c1ccccc1. The Labute approximate surface area is 185 Å². The maximum atomic E-state index is 13.4. The summed E-state index contributed by atoms with van der Waals surface area (Å²) in [7, 11) is 0. The fourth-order valence-electron chi connectivity index (χ4n) is 2.83. The number of para-hydroxylation sites is 1. The Morgan fingerprint density at radius 1 is 1.13 bits per heavy atom. The zero-order valence-electron chi connectivity index (χ0n) is 17.8. The number of rotatable bonds is 8. The second-order valence-electron chi connectivity index (χ2n) is 6.60. The van der Waals surface area contributed by atoms with E-state index < -0.39 is 23.9 Å². The number of hydrogen-bond acceptors (Lipinski definition) is 6. The van der Waals surface area contributed by atoms with Gasteiger partial charge in [-0.15, -0.1) is 0 Å². The molecular formula is C22H27N3O5S. The molecule has 0 unspecified atom stereocenters. The molecule has 0 aliphatic heterocycles. The van der Waals surface area contributed by atoms with E-state index >= 15 is 0 Å². The first kappa shape index (κ1) is 24.1. The van der Waals surface area contributed by atoms with Crippen LogP contribution >= 0.6 is 11.8 Å². The molecule has 0 radical (unpaired) electrons. The highest BCUT2D eigenvalue weighted by Gasteiger charge is 2.29. The number of phenols is 1. The van der Waals surface area contributed by atoms with Crippen molar-refractivity contribution >= 4 is 35.4 Å². The molecule has 0 saturated carbocycles. The van der Waals surface area contributed by atoms with Crippen molar-refractivity contribution in [3.05, 3.63) is 59.7 Å². The van der Waals surface area contributed by atoms with Crippen LogP contribution in [0.4, 0.5) is 10.5 Å². The van der Waals surface area contributed by atoms with Crippen molar-refractivity contribution in [2.45, 2.75) is 26.3 Å². The largest absolute Gasteiger partial charge is 0.508 e. The predicted octanol–water partition coefficient (Wildman–Crippen LogP) is 3.25. The van der Waals surface area contributed by atoms with Crippen molar-refractivity contribution in [2.75, 3.05) is 23.6 Å². The monoisotopic (exact) mass is 445 g/mol. The molecule has 3 amide bonds. The third-order valence-electron chi connectivity index (χ3n) is 4.48. The molecule has 0 aliphatic carbocycles. The Hall–Kier alpha value is -3.20. The molecule has 0 saturated heterocycles. The van der Waals surface area contributed by atoms with E-state index in [1.165, 1.54) is 17.8 Å². The first-order valence-electron chi connectivity index (χ1n) is 9.79. The van der Waals surface area contributed by atoms with E-state index in [0.29, 0.717) is 23.4 Å². The lowest BCUT2D eigenvalue weighted by atomic mass is 10.1. The number of carbonyl (C=O) groups is 3. The minimum atomic E-state index is -0.913. The zero-order chi connectivity index (χ0) is 22.8. The van der Waals surface area contributed by atoms with Crippen LogP contribution in [0.1, 0.15) is 29.3 Å². The van der Waals surface area contributed by atoms with Gasteiger partial charge in [0.25, 0.3) is 11.8 Å². The Balaban J connectivity index is 2.31. The normalized spacial score (nSPS) is 11.3. The average molecular weight is 446 g/mol. The molecule has 2 rings (SSSR count). The fraction of sp³-hybridized carbons (Fsp3) is 0.318. The first-order valence-corrected chi connectivity index (χ1v) is 11.2. The Morgan fingerprint density at radius 3 is 2.48 bits per heavy atom. The zero-order valence-corrected chi connectivity index (χ0v) is 18.6. The maximum Gasteiger partial charge on any atom is 0.426 e. The van der Waals surface area contributed by atoms with Crippen molar-refractivity contribution in [3.8, 4) is 5.75 Å². The standard InChI is InChI=1S/C22H27N3O5S/c1-4-30-22(29)24-25(16-9-6-5-7-10-16)21(28)18(13-14-31-3)23-20(27)17-11-8-12-19(26)15(17)2/h5-12,18,26H,4,13-14H2,1-3H3,(H,23,27)(H,24,29)/t18-/m0/s1. The number of anilines is 1. The second kappa shape index (κ2) is 11.8. The lowest BCUT2D eigenvalue weighted by Gasteiger charge is -2.28. The highest BCUT2D eigenvalue weighted by Crippen LogP contribution is 2.20. The van der Waals surface area contributed by atoms with E-state index in [-0.39, 0.29) is 17.9 Å². The molecule has 3 N–H and O–H groups in total. The second-order valence-corrected chi connectivity index (χ2v) is 7.58. The van der Waals surface area contributed by atoms with E-state index in [2.05, 4.69) is 10.7 Å². The number of ether oxygens (including phenoxy) is 1. The van der Waals surface area contributed by atoms with Gasteiger partial charge in [0, 0.05) is 11.1 Å². The van der Waals surface area contributed by atoms with Crippen LogP contribution in [0.3, 0.4) is 0 Å². The summed E-state index contributed by atoms with van der Waals surface area (Å²) in [6.45, 7) is 3.43. The summed E-state index contributed by atoms with van der Waals surface area (Å²) >= 11 is 1.53. The summed E-state index contributed by atoms with van der Waals surface area (Å²) in [5.74, 6) is -0.399. The quantitative estimate of drug-likeness (QED) is 0.539. The highest BCUT2D eigenvalue weighted by molar-refractivity contribution is 7.98. The Morgan fingerprint density at radius 2 is 1.84 bits per heavy atom. The predicted molar refractivity (Wildman–Crippen MR) is 121 cm³/mol. The van der Waals surface area contributed by atoms with E-state index in [1.807, 2.05) is 6.26 Å². The van der Waals surface area contributed by atoms with E-state index in [1.54, 1.807) is 56.3 Å². The van der Waals surface area contributed by atoms with Crippen LogP contribution in [0.5, 0.6) is 5.75 Å². The molecule has 0 spiro atoms. The van der Waals surface area contributed by atoms with Gasteiger partial charge < -0.3 is 15.2 Å². The van der Waals surface area contributed by atoms with Gasteiger partial charge in [0.15, 0.2) is 0 Å². The van der Waals surface area contributed by atoms with E-state index in [9.17, 15) is 19.5 Å². The number of benzene rings is 2. The topological polar surface area (TPSA) is 108 Å². The van der Waals surface area contributed by atoms with Gasteiger partial charge in [0.05, 0.1) is 12.3 Å². The van der Waals surface area contributed by atoms with Crippen LogP contribution in [0, 0.1) is 6.92 Å². The summed E-state index contributed by atoms with van der Waals surface area (Å²) in [5.41, 5.74) is 3.56. The van der Waals surface area contributed by atoms with E-state index in [4.69, 9.17) is 4.74 Å². The lowest BCUT2D eigenvalue weighted by Crippen LogP contribution is -2.55. The van der Waals surface area contributed by atoms with Gasteiger partial charge in [-0.1, -0.05) is 24.3 Å². The van der Waals surface area contributed by atoms with Gasteiger partial charge >= 0.3 is 6.09 Å². The molecule has 0 aliphatic rings. The van der Waals surface area contributed by atoms with Crippen LogP contribution in [-0.4, -0.2) is 47.7 Å². The summed E-state index contributed by atoms with van der Waals surface area (Å²) in [6, 6.07) is 12.3. The van der Waals surface area contributed by atoms with E-state index in [0.717, 1.165) is 5.01 Å². The summed E-state index contributed by atoms with van der Waals surface area (Å²) < 4.78 is 4.92. The van der Waals surface area contributed by atoms with Crippen molar-refractivity contribution < 1.29 is 24.2 Å². The molecule has 0 bridgehead atoms. The van der Waals surface area contributed by atoms with Crippen LogP contribution in [0.15, 0.2) is 48.5 Å². The molecule has 2 aromatic rings. The van der Waals surface area contributed by atoms with Crippen molar-refractivity contribution in [1.29, 1.82) is 0 Å². The molecular weight excluding hydrogens is 418 g/mol. The molecule has 0 heterocycles. The number of amides is 3. The van der Waals surface area contributed by atoms with Gasteiger partial charge in [-0.25, -0.2) is 15.2 Å². The van der Waals surface area contributed by atoms with Crippen molar-refractivity contribution in [3.63, 3.8) is 0 Å². The van der Waals surface area contributed by atoms with Gasteiger partial charge in [0.2, 0.25) is 0 Å². The molecule has 9 heteroatoms. The minimum Gasteiger partial charge on any atom is -0.508 e. The average Bonchev–Trinajstić information content (AvgIpc) is 2.77. The van der Waals surface area contributed by atoms with Crippen LogP contribution < -0.4 is 15.8 Å². The number of carbonyl (C=O) groups excluding carboxylic acids is 3. The third-order valence-corrected chi connectivity index (χ3v) is 5.12. The number of hydrogen-bond donors (Lipinski definition) is 3. The first-order chi connectivity index (χ1) is 14.9. The molecule has 8 nitrogen and oxygen atoms in total. The van der Waals surface area contributed by atoms with Gasteiger partial charge in [0.1, 0.15) is 11.8 Å². The van der Waals surface area contributed by atoms with Crippen LogP contribution in [0.2, 0.25) is 0 Å². The highest BCUT2D eigenvalue weighted by atomic mass is 32.2. The molecule has 166 valence electrons. The van der Waals surface area contributed by atoms with Crippen LogP contribution in [-0.2, 0) is 9.53 Å². The summed E-state index contributed by atoms with van der Waals surface area (Å²) in [4.78, 5) is 38.3. The number of nitrogens with one attached hydrogen (secondary N) is 2. The molecule has 0 aromatic heterocycles. The third kappa shape index (κ3) is 6.65. The number of nitrogens with zero attached hydrogens (tertiary/aromatic N) is 1. The maximum absolute atomic E-state index is 13.4. The van der Waals surface area contributed by atoms with Gasteiger partial charge in [-0.3, -0.25) is 9.59 Å². The lowest BCUT2D eigenvalue weighted by molar-refractivity contribution is -0.121. The smallest absolute Gasteiger partial charge is 0.426 e. The van der Waals surface area contributed by atoms with Gasteiger partial charge in [-0.2, -0.15) is 11.8 Å². The summed E-state index contributed by atoms with van der Waals surface area (Å²) in [5, 5.41) is 13.7. The fourth-order valence-corrected chi connectivity index (χ4v) is 3.30. The Bertz CT molecular complexity index is 907. The summed E-state index contributed by atoms with van der Waals surface area (Å²) in [6.07, 6.45) is 1.46. The van der Waals surface area contributed by atoms with Crippen molar-refractivity contribution in [2.24, 2.45) is 0 Å². The number of phenolic OH excluding ortho intramolecular Hbond substituents is 1. The molecule has 31 heavy (non-hydrogen) atoms. The van der Waals surface area contributed by atoms with Crippen molar-refractivity contribution in [1.82, 2.24) is 10.7 Å². The molecule has 2 aromatic carbocycles. The Kier molecular flexibility index (Phi) is 9.20. The number of hydrazine groups is 1. The number of thioether (sulfide) groups is 1. The van der Waals surface area contributed by atoms with Crippen LogP contribution in [0.25, 0.3) is 0 Å². The molecule has 1 atom stereocenters. The number of aromatic hydroxyl groups is 1.